The van der Waals surface area contributed by atoms with Crippen molar-refractivity contribution in [3.8, 4) is 0 Å². The van der Waals surface area contributed by atoms with Gasteiger partial charge >= 0.3 is 6.03 Å². The van der Waals surface area contributed by atoms with Gasteiger partial charge in [0.2, 0.25) is 6.41 Å². The molecule has 7 heteroatoms. The Bertz CT molecular complexity index is 477. The molecule has 1 aromatic carbocycles. The number of hydrogen-bond acceptors (Lipinski definition) is 3. The van der Waals surface area contributed by atoms with Crippen LogP contribution in [0.5, 0.6) is 0 Å². The number of rotatable bonds is 5. The fraction of sp³-hybridized carbons (Fsp3) is 0.182. The Balaban J connectivity index is 2.92. The van der Waals surface area contributed by atoms with Gasteiger partial charge in [0.25, 0.3) is 5.91 Å². The number of nitrogens with one attached hydrogen (secondary N) is 2. The van der Waals surface area contributed by atoms with Crippen molar-refractivity contribution < 1.29 is 18.8 Å². The summed E-state index contributed by atoms with van der Waals surface area (Å²) in [6, 6.07) is 2.60. The van der Waals surface area contributed by atoms with Gasteiger partial charge in [0.05, 0.1) is 0 Å². The molecule has 0 aliphatic heterocycles. The molecule has 0 heterocycles. The molecule has 18 heavy (non-hydrogen) atoms. The lowest BCUT2D eigenvalue weighted by atomic mass is 10.0. The van der Waals surface area contributed by atoms with Crippen LogP contribution in [0.25, 0.3) is 0 Å². The summed E-state index contributed by atoms with van der Waals surface area (Å²) in [6.45, 7) is 0.298. The van der Waals surface area contributed by atoms with E-state index in [1.807, 2.05) is 5.32 Å². The van der Waals surface area contributed by atoms with Gasteiger partial charge in [0.1, 0.15) is 5.82 Å². The van der Waals surface area contributed by atoms with Crippen molar-refractivity contribution in [3.05, 3.63) is 35.1 Å². The third-order valence-electron chi connectivity index (χ3n) is 2.18. The number of imide groups is 1. The molecule has 1 rings (SSSR count). The lowest BCUT2D eigenvalue weighted by Gasteiger charge is -2.08. The van der Waals surface area contributed by atoms with Crippen molar-refractivity contribution in [1.82, 2.24) is 10.6 Å². The van der Waals surface area contributed by atoms with Gasteiger partial charge in [-0.2, -0.15) is 0 Å². The number of amides is 4. The van der Waals surface area contributed by atoms with Crippen LogP contribution in [-0.2, 0) is 11.2 Å². The highest BCUT2D eigenvalue weighted by atomic mass is 19.1. The SMILES string of the molecule is NC(=O)NC(=O)c1cc(F)ccc1CCNC=O. The molecule has 0 saturated carbocycles. The predicted molar refractivity (Wildman–Crippen MR) is 61.2 cm³/mol. The summed E-state index contributed by atoms with van der Waals surface area (Å²) in [5, 5.41) is 4.28. The molecule has 0 unspecified atom stereocenters. The second-order valence-electron chi connectivity index (χ2n) is 3.44. The minimum Gasteiger partial charge on any atom is -0.358 e. The van der Waals surface area contributed by atoms with Gasteiger partial charge < -0.3 is 11.1 Å². The topological polar surface area (TPSA) is 101 Å². The largest absolute Gasteiger partial charge is 0.358 e. The summed E-state index contributed by atoms with van der Waals surface area (Å²) < 4.78 is 13.1. The fourth-order valence-corrected chi connectivity index (χ4v) is 1.42. The van der Waals surface area contributed by atoms with E-state index in [1.165, 1.54) is 12.1 Å². The maximum absolute atomic E-state index is 13.1. The molecular weight excluding hydrogens is 241 g/mol. The summed E-state index contributed by atoms with van der Waals surface area (Å²) in [5.41, 5.74) is 5.34. The first-order valence-corrected chi connectivity index (χ1v) is 5.11. The molecule has 0 atom stereocenters. The summed E-state index contributed by atoms with van der Waals surface area (Å²) in [5.74, 6) is -1.38. The summed E-state index contributed by atoms with van der Waals surface area (Å²) in [4.78, 5) is 32.3. The van der Waals surface area contributed by atoms with Crippen LogP contribution >= 0.6 is 0 Å². The third-order valence-corrected chi connectivity index (χ3v) is 2.18. The van der Waals surface area contributed by atoms with Crippen LogP contribution in [-0.4, -0.2) is 24.9 Å². The zero-order valence-corrected chi connectivity index (χ0v) is 9.40. The van der Waals surface area contributed by atoms with Gasteiger partial charge in [-0.15, -0.1) is 0 Å². The number of carbonyl (C=O) groups excluding carboxylic acids is 3. The van der Waals surface area contributed by atoms with E-state index in [0.29, 0.717) is 24.9 Å². The van der Waals surface area contributed by atoms with Crippen LogP contribution < -0.4 is 16.4 Å². The van der Waals surface area contributed by atoms with Crippen LogP contribution in [0.1, 0.15) is 15.9 Å². The molecule has 0 aliphatic carbocycles. The van der Waals surface area contributed by atoms with Crippen molar-refractivity contribution in [2.75, 3.05) is 6.54 Å². The molecule has 0 spiro atoms. The smallest absolute Gasteiger partial charge is 0.319 e. The number of urea groups is 1. The molecule has 0 saturated heterocycles. The van der Waals surface area contributed by atoms with Gasteiger partial charge in [0.15, 0.2) is 0 Å². The number of primary amides is 1. The third kappa shape index (κ3) is 3.85. The highest BCUT2D eigenvalue weighted by Crippen LogP contribution is 2.12. The van der Waals surface area contributed by atoms with Crippen molar-refractivity contribution in [2.45, 2.75) is 6.42 Å². The molecule has 0 aromatic heterocycles. The quantitative estimate of drug-likeness (QED) is 0.505. The van der Waals surface area contributed by atoms with Crippen LogP contribution in [0.2, 0.25) is 0 Å². The van der Waals surface area contributed by atoms with E-state index in [-0.39, 0.29) is 5.56 Å². The maximum atomic E-state index is 13.1. The molecule has 4 amide bonds. The Kier molecular flexibility index (Phi) is 4.79. The highest BCUT2D eigenvalue weighted by Gasteiger charge is 2.13. The minimum absolute atomic E-state index is 0.0153. The molecule has 0 fully saturated rings. The first kappa shape index (κ1) is 13.6. The first-order valence-electron chi connectivity index (χ1n) is 5.11. The maximum Gasteiger partial charge on any atom is 0.319 e. The molecule has 4 N–H and O–H groups in total. The normalized spacial score (nSPS) is 9.61. The predicted octanol–water partition coefficient (Wildman–Crippen LogP) is -0.0773. The van der Waals surface area contributed by atoms with Gasteiger partial charge in [-0.3, -0.25) is 14.9 Å². The van der Waals surface area contributed by atoms with Crippen molar-refractivity contribution in [3.63, 3.8) is 0 Å². The van der Waals surface area contributed by atoms with Crippen molar-refractivity contribution >= 4 is 18.3 Å². The molecule has 0 bridgehead atoms. The number of carbonyl (C=O) groups is 3. The van der Waals surface area contributed by atoms with E-state index in [1.54, 1.807) is 0 Å². The van der Waals surface area contributed by atoms with Crippen LogP contribution in [0, 0.1) is 5.82 Å². The van der Waals surface area contributed by atoms with Crippen LogP contribution in [0.3, 0.4) is 0 Å². The van der Waals surface area contributed by atoms with E-state index in [0.717, 1.165) is 6.07 Å². The van der Waals surface area contributed by atoms with Gasteiger partial charge in [-0.1, -0.05) is 6.07 Å². The lowest BCUT2D eigenvalue weighted by molar-refractivity contribution is -0.109. The van der Waals surface area contributed by atoms with Crippen molar-refractivity contribution in [1.29, 1.82) is 0 Å². The minimum atomic E-state index is -1.01. The second kappa shape index (κ2) is 6.33. The molecular formula is C11H12FN3O3. The van der Waals surface area contributed by atoms with E-state index in [9.17, 15) is 18.8 Å². The Hall–Kier alpha value is -2.44. The first-order chi connectivity index (χ1) is 8.54. The van der Waals surface area contributed by atoms with E-state index in [2.05, 4.69) is 5.32 Å². The van der Waals surface area contributed by atoms with E-state index >= 15 is 0 Å². The summed E-state index contributed by atoms with van der Waals surface area (Å²) in [7, 11) is 0. The van der Waals surface area contributed by atoms with Crippen LogP contribution in [0.15, 0.2) is 18.2 Å². The van der Waals surface area contributed by atoms with Gasteiger partial charge in [0, 0.05) is 12.1 Å². The van der Waals surface area contributed by atoms with Crippen molar-refractivity contribution in [2.24, 2.45) is 5.73 Å². The zero-order valence-electron chi connectivity index (χ0n) is 9.40. The molecule has 1 aromatic rings. The standard InChI is InChI=1S/C11H12FN3O3/c12-8-2-1-7(3-4-14-6-16)9(5-8)10(17)15-11(13)18/h1-2,5-6H,3-4H2,(H,14,16)(H3,13,15,17,18). The van der Waals surface area contributed by atoms with E-state index in [4.69, 9.17) is 5.73 Å². The number of hydrogen-bond donors (Lipinski definition) is 3. The van der Waals surface area contributed by atoms with Gasteiger partial charge in [-0.25, -0.2) is 9.18 Å². The number of benzene rings is 1. The Morgan fingerprint density at radius 2 is 2.11 bits per heavy atom. The molecule has 96 valence electrons. The second-order valence-corrected chi connectivity index (χ2v) is 3.44. The fourth-order valence-electron chi connectivity index (χ4n) is 1.42. The Morgan fingerprint density at radius 3 is 2.72 bits per heavy atom. The average molecular weight is 253 g/mol. The summed E-state index contributed by atoms with van der Waals surface area (Å²) in [6.07, 6.45) is 0.854. The van der Waals surface area contributed by atoms with Gasteiger partial charge in [-0.05, 0) is 24.1 Å². The Labute approximate surface area is 102 Å². The Morgan fingerprint density at radius 1 is 1.39 bits per heavy atom. The highest BCUT2D eigenvalue weighted by molar-refractivity contribution is 6.04. The summed E-state index contributed by atoms with van der Waals surface area (Å²) >= 11 is 0. The molecule has 0 radical (unpaired) electrons. The average Bonchev–Trinajstić information content (AvgIpc) is 2.30. The monoisotopic (exact) mass is 253 g/mol. The number of nitrogens with two attached hydrogens (primary N) is 1. The van der Waals surface area contributed by atoms with E-state index < -0.39 is 17.8 Å². The molecule has 6 nitrogen and oxygen atoms in total. The lowest BCUT2D eigenvalue weighted by Crippen LogP contribution is -2.35. The zero-order chi connectivity index (χ0) is 13.5. The number of halogens is 1. The van der Waals surface area contributed by atoms with Crippen LogP contribution in [0.4, 0.5) is 9.18 Å². The molecule has 0 aliphatic rings.